The number of aromatic nitrogens is 2. The molecule has 0 bridgehead atoms. The fourth-order valence-electron chi connectivity index (χ4n) is 3.24. The molecule has 3 N–H and O–H groups in total. The van der Waals surface area contributed by atoms with Crippen molar-refractivity contribution >= 4 is 11.8 Å². The Labute approximate surface area is 163 Å². The average molecular weight is 381 g/mol. The zero-order chi connectivity index (χ0) is 20.0. The summed E-state index contributed by atoms with van der Waals surface area (Å²) in [5.41, 5.74) is 0.571. The molecule has 1 fully saturated rings. The molecule has 2 aromatic rings. The van der Waals surface area contributed by atoms with Crippen LogP contribution in [0.4, 0.5) is 0 Å². The van der Waals surface area contributed by atoms with Crippen LogP contribution in [0.15, 0.2) is 36.7 Å². The molecule has 2 aromatic heterocycles. The summed E-state index contributed by atoms with van der Waals surface area (Å²) < 4.78 is 0. The molecule has 3 rings (SSSR count). The number of hydrogen-bond acceptors (Lipinski definition) is 5. The normalized spacial score (nSPS) is 15.6. The van der Waals surface area contributed by atoms with Crippen LogP contribution in [-0.4, -0.2) is 57.0 Å². The van der Waals surface area contributed by atoms with Gasteiger partial charge in [0.1, 0.15) is 17.5 Å². The van der Waals surface area contributed by atoms with Crippen molar-refractivity contribution in [2.75, 3.05) is 19.6 Å². The number of hydrogen-bond donors (Lipinski definition) is 3. The molecule has 8 nitrogen and oxygen atoms in total. The highest BCUT2D eigenvalue weighted by atomic mass is 16.3. The molecular formula is C20H23N5O3. The Morgan fingerprint density at radius 3 is 2.75 bits per heavy atom. The molecule has 1 aliphatic heterocycles. The first-order valence-electron chi connectivity index (χ1n) is 9.25. The Kier molecular flexibility index (Phi) is 6.06. The second-order valence-electron chi connectivity index (χ2n) is 7.05. The fourth-order valence-corrected chi connectivity index (χ4v) is 3.24. The van der Waals surface area contributed by atoms with E-state index in [0.717, 1.165) is 5.56 Å². The van der Waals surface area contributed by atoms with E-state index in [1.165, 1.54) is 12.1 Å². The topological polar surface area (TPSA) is 122 Å². The molecule has 0 saturated carbocycles. The van der Waals surface area contributed by atoms with E-state index >= 15 is 0 Å². The molecule has 0 spiro atoms. The van der Waals surface area contributed by atoms with Crippen molar-refractivity contribution in [3.8, 4) is 6.07 Å². The van der Waals surface area contributed by atoms with Gasteiger partial charge in [0, 0.05) is 38.4 Å². The number of nitrogens with zero attached hydrogens (tertiary/aromatic N) is 3. The monoisotopic (exact) mass is 381 g/mol. The Bertz CT molecular complexity index is 863. The third-order valence-electron chi connectivity index (χ3n) is 5.03. The summed E-state index contributed by atoms with van der Waals surface area (Å²) in [5, 5.41) is 22.2. The molecule has 2 amide bonds. The molecule has 1 aliphatic rings. The lowest BCUT2D eigenvalue weighted by Gasteiger charge is -2.38. The fraction of sp³-hybridized carbons (Fsp3) is 0.400. The zero-order valence-corrected chi connectivity index (χ0v) is 15.5. The van der Waals surface area contributed by atoms with E-state index in [2.05, 4.69) is 15.3 Å². The molecule has 0 atom stereocenters. The van der Waals surface area contributed by atoms with E-state index < -0.39 is 5.60 Å². The zero-order valence-electron chi connectivity index (χ0n) is 15.5. The van der Waals surface area contributed by atoms with Crippen molar-refractivity contribution in [1.29, 1.82) is 5.26 Å². The van der Waals surface area contributed by atoms with Crippen LogP contribution in [0, 0.1) is 11.3 Å². The maximum absolute atomic E-state index is 12.4. The smallest absolute Gasteiger partial charge is 0.267 e. The SMILES string of the molecule is N#Cc1ccc(C(=O)NCC2(O)CCN(C(=O)CCc3cccnc3)CC2)[nH]1. The summed E-state index contributed by atoms with van der Waals surface area (Å²) >= 11 is 0. The van der Waals surface area contributed by atoms with Crippen LogP contribution >= 0.6 is 0 Å². The molecule has 8 heteroatoms. The molecule has 0 aliphatic carbocycles. The second-order valence-corrected chi connectivity index (χ2v) is 7.05. The van der Waals surface area contributed by atoms with Gasteiger partial charge in [-0.1, -0.05) is 6.07 Å². The number of amides is 2. The minimum absolute atomic E-state index is 0.0605. The highest BCUT2D eigenvalue weighted by Crippen LogP contribution is 2.22. The Morgan fingerprint density at radius 2 is 2.11 bits per heavy atom. The standard InChI is InChI=1S/C20H23N5O3/c21-12-16-4-5-17(24-16)19(27)23-14-20(28)7-10-25(11-8-20)18(26)6-3-15-2-1-9-22-13-15/h1-2,4-5,9,13,24,28H,3,6-8,10-11,14H2,(H,23,27). The second kappa shape index (κ2) is 8.67. The van der Waals surface area contributed by atoms with Crippen molar-refractivity contribution in [2.24, 2.45) is 0 Å². The Balaban J connectivity index is 1.43. The van der Waals surface area contributed by atoms with Crippen LogP contribution in [0.5, 0.6) is 0 Å². The Hall–Kier alpha value is -3.18. The van der Waals surface area contributed by atoms with Gasteiger partial charge in [0.05, 0.1) is 5.60 Å². The predicted molar refractivity (Wildman–Crippen MR) is 101 cm³/mol. The number of nitrogens with one attached hydrogen (secondary N) is 2. The number of H-pyrrole nitrogens is 1. The maximum atomic E-state index is 12.4. The lowest BCUT2D eigenvalue weighted by Crippen LogP contribution is -2.52. The van der Waals surface area contributed by atoms with E-state index in [-0.39, 0.29) is 24.1 Å². The van der Waals surface area contributed by atoms with Gasteiger partial charge in [-0.15, -0.1) is 0 Å². The van der Waals surface area contributed by atoms with Crippen molar-refractivity contribution in [2.45, 2.75) is 31.3 Å². The van der Waals surface area contributed by atoms with Crippen molar-refractivity contribution in [1.82, 2.24) is 20.2 Å². The first kappa shape index (κ1) is 19.6. The minimum Gasteiger partial charge on any atom is -0.388 e. The first-order valence-corrected chi connectivity index (χ1v) is 9.25. The number of aromatic amines is 1. The van der Waals surface area contributed by atoms with Gasteiger partial charge >= 0.3 is 0 Å². The van der Waals surface area contributed by atoms with Gasteiger partial charge in [-0.05, 0) is 43.0 Å². The van der Waals surface area contributed by atoms with Crippen LogP contribution in [0.25, 0.3) is 0 Å². The lowest BCUT2D eigenvalue weighted by molar-refractivity contribution is -0.135. The summed E-state index contributed by atoms with van der Waals surface area (Å²) in [6.45, 7) is 1.02. The molecule has 0 unspecified atom stereocenters. The molecule has 0 radical (unpaired) electrons. The Morgan fingerprint density at radius 1 is 1.32 bits per heavy atom. The van der Waals surface area contributed by atoms with Crippen LogP contribution in [0.3, 0.4) is 0 Å². The number of likely N-dealkylation sites (tertiary alicyclic amines) is 1. The summed E-state index contributed by atoms with van der Waals surface area (Å²) in [4.78, 5) is 33.0. The number of rotatable bonds is 6. The summed E-state index contributed by atoms with van der Waals surface area (Å²) in [6, 6.07) is 8.78. The van der Waals surface area contributed by atoms with Gasteiger partial charge in [-0.2, -0.15) is 5.26 Å². The van der Waals surface area contributed by atoms with Gasteiger partial charge in [0.2, 0.25) is 5.91 Å². The third kappa shape index (κ3) is 4.96. The minimum atomic E-state index is -1.04. The van der Waals surface area contributed by atoms with Gasteiger partial charge in [-0.25, -0.2) is 0 Å². The largest absolute Gasteiger partial charge is 0.388 e. The molecule has 28 heavy (non-hydrogen) atoms. The summed E-state index contributed by atoms with van der Waals surface area (Å²) in [6.07, 6.45) is 5.32. The molecule has 0 aromatic carbocycles. The highest BCUT2D eigenvalue weighted by molar-refractivity contribution is 5.92. The van der Waals surface area contributed by atoms with Gasteiger partial charge in [0.15, 0.2) is 0 Å². The van der Waals surface area contributed by atoms with Crippen LogP contribution in [-0.2, 0) is 11.2 Å². The van der Waals surface area contributed by atoms with Gasteiger partial charge < -0.3 is 20.3 Å². The van der Waals surface area contributed by atoms with Crippen LogP contribution in [0.1, 0.15) is 41.0 Å². The van der Waals surface area contributed by atoms with Gasteiger partial charge in [0.25, 0.3) is 5.91 Å². The number of pyridine rings is 1. The number of aryl methyl sites for hydroxylation is 1. The molecule has 1 saturated heterocycles. The number of aliphatic hydroxyl groups is 1. The number of nitriles is 1. The highest BCUT2D eigenvalue weighted by Gasteiger charge is 2.34. The van der Waals surface area contributed by atoms with E-state index in [9.17, 15) is 14.7 Å². The van der Waals surface area contributed by atoms with Crippen molar-refractivity contribution in [3.63, 3.8) is 0 Å². The molecule has 3 heterocycles. The lowest BCUT2D eigenvalue weighted by atomic mass is 9.91. The quantitative estimate of drug-likeness (QED) is 0.689. The van der Waals surface area contributed by atoms with Crippen molar-refractivity contribution < 1.29 is 14.7 Å². The predicted octanol–water partition coefficient (Wildman–Crippen LogP) is 0.997. The summed E-state index contributed by atoms with van der Waals surface area (Å²) in [5.74, 6) is -0.310. The van der Waals surface area contributed by atoms with E-state index in [0.29, 0.717) is 44.5 Å². The number of carbonyl (C=O) groups is 2. The third-order valence-corrected chi connectivity index (χ3v) is 5.03. The first-order chi connectivity index (χ1) is 13.5. The molecular weight excluding hydrogens is 358 g/mol. The van der Waals surface area contributed by atoms with E-state index in [1.807, 2.05) is 18.2 Å². The van der Waals surface area contributed by atoms with Crippen LogP contribution in [0.2, 0.25) is 0 Å². The van der Waals surface area contributed by atoms with E-state index in [1.54, 1.807) is 17.3 Å². The van der Waals surface area contributed by atoms with E-state index in [4.69, 9.17) is 5.26 Å². The van der Waals surface area contributed by atoms with Gasteiger partial charge in [-0.3, -0.25) is 14.6 Å². The number of carbonyl (C=O) groups excluding carboxylic acids is 2. The maximum Gasteiger partial charge on any atom is 0.267 e. The number of piperidine rings is 1. The summed E-state index contributed by atoms with van der Waals surface area (Å²) in [7, 11) is 0. The van der Waals surface area contributed by atoms with Crippen molar-refractivity contribution in [3.05, 3.63) is 53.6 Å². The van der Waals surface area contributed by atoms with Crippen LogP contribution < -0.4 is 5.32 Å². The average Bonchev–Trinajstić information content (AvgIpc) is 3.21. The molecule has 146 valence electrons.